The quantitative estimate of drug-likeness (QED) is 0.704. The first-order chi connectivity index (χ1) is 12.0. The number of aromatic nitrogens is 1. The Bertz CT molecular complexity index is 912. The molecule has 0 spiro atoms. The number of thioether (sulfide) groups is 1. The summed E-state index contributed by atoms with van der Waals surface area (Å²) in [5.74, 6) is 0.502. The molecule has 3 aromatic rings. The normalized spacial score (nSPS) is 19.7. The molecule has 2 nitrogen and oxygen atoms in total. The van der Waals surface area contributed by atoms with Crippen LogP contribution in [0.25, 0.3) is 5.69 Å². The van der Waals surface area contributed by atoms with Gasteiger partial charge in [-0.1, -0.05) is 12.1 Å². The molecule has 0 unspecified atom stereocenters. The smallest absolute Gasteiger partial charge is 0.123 e. The summed E-state index contributed by atoms with van der Waals surface area (Å²) in [6.45, 7) is 4.15. The van der Waals surface area contributed by atoms with Crippen LogP contribution in [0.1, 0.15) is 28.9 Å². The van der Waals surface area contributed by atoms with Gasteiger partial charge >= 0.3 is 0 Å². The van der Waals surface area contributed by atoms with E-state index in [-0.39, 0.29) is 5.82 Å². The molecule has 4 rings (SSSR count). The third kappa shape index (κ3) is 2.70. The molecule has 1 N–H and O–H groups in total. The highest BCUT2D eigenvalue weighted by molar-refractivity contribution is 7.99. The molecule has 1 aliphatic rings. The Morgan fingerprint density at radius 1 is 1.00 bits per heavy atom. The van der Waals surface area contributed by atoms with Crippen LogP contribution in [0.5, 0.6) is 0 Å². The summed E-state index contributed by atoms with van der Waals surface area (Å²) in [6, 6.07) is 16.8. The largest absolute Gasteiger partial charge is 0.380 e. The fourth-order valence-corrected chi connectivity index (χ4v) is 4.82. The Morgan fingerprint density at radius 3 is 2.36 bits per heavy atom. The number of aryl methyl sites for hydroxylation is 2. The van der Waals surface area contributed by atoms with Crippen molar-refractivity contribution in [2.45, 2.75) is 30.8 Å². The van der Waals surface area contributed by atoms with E-state index in [1.807, 2.05) is 24.3 Å². The van der Waals surface area contributed by atoms with Crippen molar-refractivity contribution >= 4 is 11.8 Å². The molecule has 128 valence electrons. The second-order valence-electron chi connectivity index (χ2n) is 6.60. The molecule has 0 aliphatic carbocycles. The second-order valence-corrected chi connectivity index (χ2v) is 7.73. The van der Waals surface area contributed by atoms with Crippen molar-refractivity contribution in [2.75, 3.05) is 5.75 Å². The number of fused-ring (bicyclic) bond motifs is 1. The molecule has 0 bridgehead atoms. The van der Waals surface area contributed by atoms with E-state index in [0.717, 1.165) is 21.9 Å². The highest BCUT2D eigenvalue weighted by Gasteiger charge is 2.36. The minimum atomic E-state index is -1.14. The van der Waals surface area contributed by atoms with Crippen molar-refractivity contribution < 1.29 is 9.50 Å². The van der Waals surface area contributed by atoms with E-state index in [9.17, 15) is 9.50 Å². The lowest BCUT2D eigenvalue weighted by Gasteiger charge is -2.34. The molecule has 1 aromatic heterocycles. The summed E-state index contributed by atoms with van der Waals surface area (Å²) in [5, 5.41) is 11.4. The lowest BCUT2D eigenvalue weighted by molar-refractivity contribution is 0.0728. The minimum Gasteiger partial charge on any atom is -0.380 e. The molecule has 25 heavy (non-hydrogen) atoms. The molecule has 0 saturated heterocycles. The SMILES string of the molecule is Cc1ccc(C)n1-c1ccc([C@@]2(O)CCSc3ccc(F)cc32)cc1. The van der Waals surface area contributed by atoms with Gasteiger partial charge in [0.15, 0.2) is 0 Å². The van der Waals surface area contributed by atoms with Gasteiger partial charge in [-0.3, -0.25) is 0 Å². The van der Waals surface area contributed by atoms with Crippen LogP contribution in [0.4, 0.5) is 4.39 Å². The van der Waals surface area contributed by atoms with Gasteiger partial charge in [0.05, 0.1) is 0 Å². The third-order valence-electron chi connectivity index (χ3n) is 4.98. The van der Waals surface area contributed by atoms with Crippen molar-refractivity contribution in [1.82, 2.24) is 4.57 Å². The van der Waals surface area contributed by atoms with Gasteiger partial charge in [-0.05, 0) is 68.3 Å². The van der Waals surface area contributed by atoms with Crippen molar-refractivity contribution in [3.8, 4) is 5.69 Å². The Morgan fingerprint density at radius 2 is 1.68 bits per heavy atom. The van der Waals surface area contributed by atoms with E-state index >= 15 is 0 Å². The van der Waals surface area contributed by atoms with Crippen LogP contribution in [-0.4, -0.2) is 15.4 Å². The molecule has 0 radical (unpaired) electrons. The molecule has 2 heterocycles. The van der Waals surface area contributed by atoms with Crippen LogP contribution in [-0.2, 0) is 5.60 Å². The number of nitrogens with zero attached hydrogens (tertiary/aromatic N) is 1. The summed E-state index contributed by atoms with van der Waals surface area (Å²) in [4.78, 5) is 0.955. The van der Waals surface area contributed by atoms with Gasteiger partial charge in [0, 0.05) is 33.3 Å². The van der Waals surface area contributed by atoms with E-state index in [4.69, 9.17) is 0 Å². The first-order valence-corrected chi connectivity index (χ1v) is 9.39. The van der Waals surface area contributed by atoms with Crippen LogP contribution in [0.3, 0.4) is 0 Å². The Balaban J connectivity index is 1.78. The highest BCUT2D eigenvalue weighted by atomic mass is 32.2. The maximum absolute atomic E-state index is 13.8. The third-order valence-corrected chi connectivity index (χ3v) is 6.06. The Kier molecular flexibility index (Phi) is 3.97. The summed E-state index contributed by atoms with van der Waals surface area (Å²) < 4.78 is 15.9. The first-order valence-electron chi connectivity index (χ1n) is 8.40. The minimum absolute atomic E-state index is 0.310. The standard InChI is InChI=1S/C21H20FNOS/c1-14-3-4-15(2)23(14)18-8-5-16(6-9-18)21(24)11-12-25-20-10-7-17(22)13-19(20)21/h3-10,13,24H,11-12H2,1-2H3/t21-/m0/s1. The molecule has 0 fully saturated rings. The Hall–Kier alpha value is -2.04. The van der Waals surface area contributed by atoms with E-state index in [0.29, 0.717) is 12.0 Å². The number of halogens is 1. The number of benzene rings is 2. The van der Waals surface area contributed by atoms with Gasteiger partial charge in [-0.25, -0.2) is 4.39 Å². The zero-order valence-corrected chi connectivity index (χ0v) is 15.1. The van der Waals surface area contributed by atoms with Gasteiger partial charge in [0.25, 0.3) is 0 Å². The predicted octanol–water partition coefficient (Wildman–Crippen LogP) is 4.96. The van der Waals surface area contributed by atoms with Crippen molar-refractivity contribution in [3.63, 3.8) is 0 Å². The van der Waals surface area contributed by atoms with E-state index in [1.54, 1.807) is 17.8 Å². The number of hydrogen-bond acceptors (Lipinski definition) is 2. The first kappa shape index (κ1) is 16.4. The van der Waals surface area contributed by atoms with Gasteiger partial charge in [-0.15, -0.1) is 11.8 Å². The molecular formula is C21H20FNOS. The highest BCUT2D eigenvalue weighted by Crippen LogP contribution is 2.44. The van der Waals surface area contributed by atoms with Gasteiger partial charge in [0.1, 0.15) is 11.4 Å². The summed E-state index contributed by atoms with van der Waals surface area (Å²) >= 11 is 1.67. The van der Waals surface area contributed by atoms with Crippen LogP contribution in [0, 0.1) is 19.7 Å². The zero-order chi connectivity index (χ0) is 17.6. The van der Waals surface area contributed by atoms with Gasteiger partial charge < -0.3 is 9.67 Å². The summed E-state index contributed by atoms with van der Waals surface area (Å²) in [7, 11) is 0. The second kappa shape index (κ2) is 6.04. The van der Waals surface area contributed by atoms with Crippen LogP contribution >= 0.6 is 11.8 Å². The molecule has 0 amide bonds. The molecule has 2 aromatic carbocycles. The zero-order valence-electron chi connectivity index (χ0n) is 14.3. The maximum Gasteiger partial charge on any atom is 0.123 e. The maximum atomic E-state index is 13.8. The average molecular weight is 353 g/mol. The van der Waals surface area contributed by atoms with E-state index in [2.05, 4.69) is 30.5 Å². The van der Waals surface area contributed by atoms with Gasteiger partial charge in [-0.2, -0.15) is 0 Å². The molecule has 1 atom stereocenters. The fraction of sp³-hybridized carbons (Fsp3) is 0.238. The lowest BCUT2D eigenvalue weighted by Crippen LogP contribution is -2.31. The number of rotatable bonds is 2. The number of hydrogen-bond donors (Lipinski definition) is 1. The molecular weight excluding hydrogens is 333 g/mol. The topological polar surface area (TPSA) is 25.2 Å². The fourth-order valence-electron chi connectivity index (χ4n) is 3.66. The molecule has 1 aliphatic heterocycles. The van der Waals surface area contributed by atoms with Crippen molar-refractivity contribution in [1.29, 1.82) is 0 Å². The van der Waals surface area contributed by atoms with E-state index in [1.165, 1.54) is 23.5 Å². The summed E-state index contributed by atoms with van der Waals surface area (Å²) in [5.41, 5.74) is 3.76. The van der Waals surface area contributed by atoms with Crippen LogP contribution in [0.15, 0.2) is 59.5 Å². The molecule has 0 saturated carbocycles. The monoisotopic (exact) mass is 353 g/mol. The average Bonchev–Trinajstić information content (AvgIpc) is 2.94. The molecule has 4 heteroatoms. The Labute approximate surface area is 151 Å². The predicted molar refractivity (Wildman–Crippen MR) is 100.0 cm³/mol. The van der Waals surface area contributed by atoms with Crippen LogP contribution < -0.4 is 0 Å². The number of aliphatic hydroxyl groups is 1. The van der Waals surface area contributed by atoms with E-state index < -0.39 is 5.60 Å². The lowest BCUT2D eigenvalue weighted by atomic mass is 9.83. The van der Waals surface area contributed by atoms with Crippen molar-refractivity contribution in [3.05, 3.63) is 82.9 Å². The van der Waals surface area contributed by atoms with Crippen molar-refractivity contribution in [2.24, 2.45) is 0 Å². The summed E-state index contributed by atoms with van der Waals surface area (Å²) in [6.07, 6.45) is 0.578. The van der Waals surface area contributed by atoms with Crippen LogP contribution in [0.2, 0.25) is 0 Å². The van der Waals surface area contributed by atoms with Gasteiger partial charge in [0.2, 0.25) is 0 Å².